The van der Waals surface area contributed by atoms with Gasteiger partial charge in [0.15, 0.2) is 5.96 Å². The number of nitrogens with one attached hydrogen (secondary N) is 15. The fourth-order valence-electron chi connectivity index (χ4n) is 15.2. The lowest BCUT2D eigenvalue weighted by atomic mass is 10.0. The molecule has 3 aromatic heterocycles. The number of carbonyl (C=O) groups excluding carboxylic acids is 17. The van der Waals surface area contributed by atoms with Crippen LogP contribution < -0.4 is 75.7 Å². The molecule has 17 amide bonds. The van der Waals surface area contributed by atoms with Crippen LogP contribution in [0.25, 0.3) is 21.8 Å². The zero-order valence-corrected chi connectivity index (χ0v) is 74.6. The van der Waals surface area contributed by atoms with Crippen molar-refractivity contribution in [1.29, 1.82) is 5.41 Å². The highest BCUT2D eigenvalue weighted by molar-refractivity contribution is 8.00. The smallest absolute Gasteiger partial charge is 0.246 e. The maximum atomic E-state index is 15.3. The molecule has 0 aliphatic carbocycles. The van der Waals surface area contributed by atoms with Gasteiger partial charge >= 0.3 is 0 Å². The van der Waals surface area contributed by atoms with E-state index in [9.17, 15) is 72.2 Å². The molecule has 3 aromatic carbocycles. The van der Waals surface area contributed by atoms with Gasteiger partial charge in [0.05, 0.1) is 38.2 Å². The number of H-pyrrole nitrogens is 3. The van der Waals surface area contributed by atoms with Gasteiger partial charge < -0.3 is 120 Å². The Kier molecular flexibility index (Phi) is 37.9. The number of amides is 17. The number of para-hydroxylation sites is 2. The van der Waals surface area contributed by atoms with Crippen LogP contribution in [0.2, 0.25) is 0 Å². The summed E-state index contributed by atoms with van der Waals surface area (Å²) in [6.45, 7) is 5.42. The summed E-state index contributed by atoms with van der Waals surface area (Å²) in [5.41, 5.74) is 19.9. The summed E-state index contributed by atoms with van der Waals surface area (Å²) in [4.78, 5) is 265. The van der Waals surface area contributed by atoms with Crippen molar-refractivity contribution in [2.75, 3.05) is 72.5 Å². The first kappa shape index (κ1) is 101. The molecule has 13 atom stereocenters. The molecule has 8 rings (SSSR count). The third-order valence-electron chi connectivity index (χ3n) is 22.5. The molecule has 2 saturated heterocycles. The highest BCUT2D eigenvalue weighted by Gasteiger charge is 2.44. The van der Waals surface area contributed by atoms with E-state index in [1.165, 1.54) is 54.6 Å². The standard InChI is InChI=1S/C86H120N24O18S/c1-10-11-28-67-79(122)99-58(27-19-30-92-86(89)90)75(118)105-66(74(117)95-41-70(88)113)44-129-45-72(115)98-62(33-50-21-13-12-14-22-50)83(126)107(7)48(4)73(116)101-64(37-69(87)112)85(128)110-31-20-29-68(110)80(123)100-60(36-53-40-91-46-96-53)77(120)102-61(32-47(2)3)82(125)106(6)42-71(114)97-59(34-51-38-93-56-25-17-15-23-54(51)56)76(119)104-65(43-111)78(121)103-63(84(127)108(8)49(5)81(124)109(67)9)35-52-39-94-57-26-18-16-24-55(52)57/h12-18,21-26,38-40,46-49,58-68,93-94,111H,10-11,19-20,27-37,41-45H2,1-9H3,(H2,87,112)(H2,88,113)(H,91,96)(H,95,117)(H,97,114)(H,98,115)(H,99,122)(H,100,123)(H,101,116)(H,102,120)(H,103,121)(H,104,119)(H,105,118)(H4,89,90,92). The van der Waals surface area contributed by atoms with Crippen LogP contribution in [-0.2, 0) is 107 Å². The van der Waals surface area contributed by atoms with Crippen molar-refractivity contribution in [1.82, 2.24) is 103 Å². The monoisotopic (exact) mass is 1810 g/mol. The molecule has 2 aliphatic heterocycles. The molecule has 0 radical (unpaired) electrons. The number of hydrogen-bond donors (Lipinski definition) is 19. The van der Waals surface area contributed by atoms with Gasteiger partial charge in [-0.05, 0) is 87.1 Å². The lowest BCUT2D eigenvalue weighted by Crippen LogP contribution is -2.61. The largest absolute Gasteiger partial charge is 0.394 e. The van der Waals surface area contributed by atoms with E-state index in [2.05, 4.69) is 78.4 Å². The minimum atomic E-state index is -1.85. The predicted octanol–water partition coefficient (Wildman–Crippen LogP) is -3.31. The topological polar surface area (TPSA) is 621 Å². The lowest BCUT2D eigenvalue weighted by molar-refractivity contribution is -0.148. The van der Waals surface area contributed by atoms with Gasteiger partial charge in [0.25, 0.3) is 0 Å². The van der Waals surface area contributed by atoms with Gasteiger partial charge in [-0.2, -0.15) is 0 Å². The maximum Gasteiger partial charge on any atom is 0.246 e. The van der Waals surface area contributed by atoms with Crippen LogP contribution in [0.1, 0.15) is 115 Å². The molecule has 2 fully saturated rings. The van der Waals surface area contributed by atoms with Crippen LogP contribution in [0.4, 0.5) is 0 Å². The van der Waals surface area contributed by atoms with E-state index in [1.54, 1.807) is 105 Å². The van der Waals surface area contributed by atoms with Crippen LogP contribution in [0, 0.1) is 11.3 Å². The summed E-state index contributed by atoms with van der Waals surface area (Å²) in [6, 6.07) is 2.75. The minimum Gasteiger partial charge on any atom is -0.394 e. The molecule has 6 aromatic rings. The SMILES string of the molecule is CCCCC1C(=O)NC(CCCNC(=N)N)C(=O)NC(C(=O)NCC(N)=O)CSCC(=O)NC(Cc2ccccc2)C(=O)N(C)C(C)C(=O)NC(CC(N)=O)C(=O)N2CCCC2C(=O)NC(Cc2cnc[nH]2)C(=O)NC(CC(C)C)C(=O)N(C)CC(=O)NC(Cc2c[nH]c3ccccc23)C(=O)NC(CO)C(=O)NC(Cc2c[nH]c3ccccc23)C(=O)N(C)C(C)C(=O)N1C. The van der Waals surface area contributed by atoms with Gasteiger partial charge in [-0.15, -0.1) is 11.8 Å². The number of likely N-dealkylation sites (N-methyl/N-ethyl adjacent to an activating group) is 4. The first-order valence-electron chi connectivity index (χ1n) is 42.7. The Bertz CT molecular complexity index is 4990. The number of aliphatic hydroxyl groups is 1. The molecule has 13 unspecified atom stereocenters. The third-order valence-corrected chi connectivity index (χ3v) is 23.5. The summed E-state index contributed by atoms with van der Waals surface area (Å²) in [5.74, 6) is -17.3. The van der Waals surface area contributed by atoms with Crippen LogP contribution in [0.5, 0.6) is 0 Å². The van der Waals surface area contributed by atoms with Crippen LogP contribution in [0.3, 0.4) is 0 Å². The molecule has 0 spiro atoms. The summed E-state index contributed by atoms with van der Waals surface area (Å²) in [7, 11) is 5.13. The number of hydrogen-bond acceptors (Lipinski definition) is 21. The number of guanidine groups is 1. The highest BCUT2D eigenvalue weighted by atomic mass is 32.2. The fraction of sp³-hybridized carbons (Fsp3) is 0.500. The average molecular weight is 1810 g/mol. The second-order valence-corrected chi connectivity index (χ2v) is 33.7. The molecule has 129 heavy (non-hydrogen) atoms. The maximum absolute atomic E-state index is 15.3. The number of aromatic nitrogens is 4. The molecular weight excluding hydrogens is 1690 g/mol. The number of unbranched alkanes of at least 4 members (excludes halogenated alkanes) is 1. The summed E-state index contributed by atoms with van der Waals surface area (Å²) < 4.78 is 0. The highest BCUT2D eigenvalue weighted by Crippen LogP contribution is 2.25. The predicted molar refractivity (Wildman–Crippen MR) is 476 cm³/mol. The molecule has 5 heterocycles. The Labute approximate surface area is 749 Å². The normalized spacial score (nSPS) is 23.8. The third kappa shape index (κ3) is 29.0. The number of nitrogens with zero attached hydrogens (tertiary/aromatic N) is 6. The number of thioether (sulfide) groups is 1. The molecule has 2 aliphatic rings. The molecule has 0 saturated carbocycles. The van der Waals surface area contributed by atoms with E-state index in [-0.39, 0.29) is 83.2 Å². The summed E-state index contributed by atoms with van der Waals surface area (Å²) in [6.07, 6.45) is 5.09. The van der Waals surface area contributed by atoms with Crippen molar-refractivity contribution >= 4 is 140 Å². The van der Waals surface area contributed by atoms with Crippen molar-refractivity contribution in [3.05, 3.63) is 126 Å². The van der Waals surface area contributed by atoms with Gasteiger partial charge in [0.2, 0.25) is 100 Å². The van der Waals surface area contributed by atoms with Gasteiger partial charge in [-0.25, -0.2) is 4.98 Å². The van der Waals surface area contributed by atoms with Crippen molar-refractivity contribution in [3.8, 4) is 0 Å². The van der Waals surface area contributed by atoms with E-state index >= 15 is 14.4 Å². The second-order valence-electron chi connectivity index (χ2n) is 32.7. The van der Waals surface area contributed by atoms with Gasteiger partial charge in [0.1, 0.15) is 78.5 Å². The first-order valence-corrected chi connectivity index (χ1v) is 43.8. The Morgan fingerprint density at radius 2 is 1.10 bits per heavy atom. The van der Waals surface area contributed by atoms with E-state index in [0.29, 0.717) is 57.0 Å². The number of primary amides is 2. The van der Waals surface area contributed by atoms with Crippen molar-refractivity contribution in [3.63, 3.8) is 0 Å². The van der Waals surface area contributed by atoms with Gasteiger partial charge in [-0.1, -0.05) is 100 Å². The van der Waals surface area contributed by atoms with Crippen molar-refractivity contribution in [2.24, 2.45) is 23.1 Å². The lowest BCUT2D eigenvalue weighted by Gasteiger charge is -2.35. The number of imidazole rings is 1. The van der Waals surface area contributed by atoms with Crippen LogP contribution in [-0.4, -0.2) is 307 Å². The zero-order chi connectivity index (χ0) is 94.5. The summed E-state index contributed by atoms with van der Waals surface area (Å²) >= 11 is 0.790. The molecule has 43 heteroatoms. The summed E-state index contributed by atoms with van der Waals surface area (Å²) in [5, 5.41) is 49.0. The zero-order valence-electron chi connectivity index (χ0n) is 73.8. The van der Waals surface area contributed by atoms with E-state index in [0.717, 1.165) is 36.3 Å². The van der Waals surface area contributed by atoms with Gasteiger partial charge in [-0.3, -0.25) is 86.9 Å². The number of fused-ring (bicyclic) bond motifs is 3. The average Bonchev–Trinajstić information content (AvgIpc) is 1.75. The van der Waals surface area contributed by atoms with Crippen LogP contribution >= 0.6 is 11.8 Å². The fourth-order valence-corrected chi connectivity index (χ4v) is 16.0. The van der Waals surface area contributed by atoms with Crippen molar-refractivity contribution in [2.45, 2.75) is 197 Å². The quantitative estimate of drug-likeness (QED) is 0.0170. The van der Waals surface area contributed by atoms with Gasteiger partial charge in [0, 0.05) is 119 Å². The molecule has 22 N–H and O–H groups in total. The van der Waals surface area contributed by atoms with E-state index in [4.69, 9.17) is 22.6 Å². The molecule has 698 valence electrons. The number of aliphatic hydroxyl groups excluding tert-OH is 1. The Morgan fingerprint density at radius 3 is 1.70 bits per heavy atom. The number of carbonyl (C=O) groups is 17. The van der Waals surface area contributed by atoms with E-state index < -0.39 is 223 Å². The number of rotatable bonds is 23. The Balaban J connectivity index is 1.16. The van der Waals surface area contributed by atoms with Crippen LogP contribution in [0.15, 0.2) is 104 Å². The second kappa shape index (κ2) is 48.5. The Hall–Kier alpha value is -13.5. The number of nitrogens with two attached hydrogens (primary N) is 3. The molecular formula is C86H120N24O18S. The minimum absolute atomic E-state index is 0.000134. The number of benzene rings is 3. The number of aromatic amines is 3. The first-order chi connectivity index (χ1) is 61.4. The molecule has 42 nitrogen and oxygen atoms in total. The molecule has 0 bridgehead atoms. The Morgan fingerprint density at radius 1 is 0.550 bits per heavy atom. The van der Waals surface area contributed by atoms with Crippen molar-refractivity contribution < 1.29 is 86.6 Å². The van der Waals surface area contributed by atoms with E-state index in [1.807, 2.05) is 6.92 Å².